The number of aryl methyl sites for hydroxylation is 2. The van der Waals surface area contributed by atoms with Gasteiger partial charge in [0, 0.05) is 14.6 Å². The van der Waals surface area contributed by atoms with Gasteiger partial charge in [0.2, 0.25) is 0 Å². The summed E-state index contributed by atoms with van der Waals surface area (Å²) < 4.78 is 2.61. The van der Waals surface area contributed by atoms with Gasteiger partial charge in [-0.15, -0.1) is 11.3 Å². The van der Waals surface area contributed by atoms with Crippen molar-refractivity contribution in [3.8, 4) is 11.1 Å². The smallest absolute Gasteiger partial charge is 0.0355 e. The SMILES string of the molecule is C=C/C=c1/sc2ccc(-c3cc(C)cc(C)c3)cc2/c1=C/C. The Morgan fingerprint density at radius 3 is 2.32 bits per heavy atom. The molecule has 22 heavy (non-hydrogen) atoms. The van der Waals surface area contributed by atoms with Crippen molar-refractivity contribution < 1.29 is 0 Å². The van der Waals surface area contributed by atoms with Crippen LogP contribution in [0.15, 0.2) is 49.1 Å². The third kappa shape index (κ3) is 2.65. The molecule has 1 aromatic heterocycles. The Morgan fingerprint density at radius 1 is 0.955 bits per heavy atom. The van der Waals surface area contributed by atoms with E-state index in [9.17, 15) is 0 Å². The van der Waals surface area contributed by atoms with E-state index >= 15 is 0 Å². The lowest BCUT2D eigenvalue weighted by Gasteiger charge is -2.05. The highest BCUT2D eigenvalue weighted by Gasteiger charge is 2.05. The first-order valence-corrected chi connectivity index (χ1v) is 8.34. The Kier molecular flexibility index (Phi) is 4.00. The van der Waals surface area contributed by atoms with Crippen LogP contribution in [-0.4, -0.2) is 0 Å². The van der Waals surface area contributed by atoms with Crippen molar-refractivity contribution in [2.45, 2.75) is 20.8 Å². The van der Waals surface area contributed by atoms with Gasteiger partial charge < -0.3 is 0 Å². The van der Waals surface area contributed by atoms with Crippen LogP contribution in [0.1, 0.15) is 18.1 Å². The van der Waals surface area contributed by atoms with Gasteiger partial charge in [0.25, 0.3) is 0 Å². The molecule has 0 atom stereocenters. The quantitative estimate of drug-likeness (QED) is 0.628. The lowest BCUT2D eigenvalue weighted by Crippen LogP contribution is -2.17. The maximum Gasteiger partial charge on any atom is 0.0355 e. The molecule has 0 radical (unpaired) electrons. The highest BCUT2D eigenvalue weighted by Crippen LogP contribution is 2.26. The molecule has 0 aliphatic heterocycles. The summed E-state index contributed by atoms with van der Waals surface area (Å²) in [7, 11) is 0. The van der Waals surface area contributed by atoms with E-state index in [1.54, 1.807) is 0 Å². The van der Waals surface area contributed by atoms with Gasteiger partial charge >= 0.3 is 0 Å². The van der Waals surface area contributed by atoms with Crippen LogP contribution in [0.2, 0.25) is 0 Å². The van der Waals surface area contributed by atoms with Crippen molar-refractivity contribution in [2.75, 3.05) is 0 Å². The average molecular weight is 304 g/mol. The molecule has 1 heteroatoms. The fourth-order valence-electron chi connectivity index (χ4n) is 2.99. The Hall–Kier alpha value is -2.12. The van der Waals surface area contributed by atoms with Gasteiger partial charge in [0.15, 0.2) is 0 Å². The van der Waals surface area contributed by atoms with E-state index in [4.69, 9.17) is 0 Å². The van der Waals surface area contributed by atoms with Gasteiger partial charge in [-0.1, -0.05) is 54.1 Å². The molecule has 0 saturated carbocycles. The molecule has 0 aliphatic rings. The first-order chi connectivity index (χ1) is 10.6. The third-order valence-electron chi connectivity index (χ3n) is 3.87. The summed E-state index contributed by atoms with van der Waals surface area (Å²) in [4.78, 5) is 0. The van der Waals surface area contributed by atoms with E-state index in [0.717, 1.165) is 0 Å². The molecular formula is C21H20S. The normalized spacial score (nSPS) is 13.0. The fourth-order valence-corrected chi connectivity index (χ4v) is 4.14. The topological polar surface area (TPSA) is 0 Å². The Morgan fingerprint density at radius 2 is 1.68 bits per heavy atom. The highest BCUT2D eigenvalue weighted by molar-refractivity contribution is 7.17. The molecule has 0 saturated heterocycles. The number of hydrogen-bond donors (Lipinski definition) is 0. The van der Waals surface area contributed by atoms with E-state index in [2.05, 4.69) is 75.9 Å². The second-order valence-corrected chi connectivity index (χ2v) is 6.74. The van der Waals surface area contributed by atoms with Crippen molar-refractivity contribution in [2.24, 2.45) is 0 Å². The van der Waals surface area contributed by atoms with Crippen LogP contribution in [0.25, 0.3) is 33.4 Å². The number of fused-ring (bicyclic) bond motifs is 1. The largest absolute Gasteiger partial charge is 0.135 e. The zero-order chi connectivity index (χ0) is 15.7. The van der Waals surface area contributed by atoms with Gasteiger partial charge in [-0.3, -0.25) is 0 Å². The monoisotopic (exact) mass is 304 g/mol. The van der Waals surface area contributed by atoms with Crippen LogP contribution >= 0.6 is 11.3 Å². The average Bonchev–Trinajstić information content (AvgIpc) is 2.82. The van der Waals surface area contributed by atoms with Crippen LogP contribution in [0.3, 0.4) is 0 Å². The van der Waals surface area contributed by atoms with E-state index in [1.165, 1.54) is 42.1 Å². The molecular weight excluding hydrogens is 284 g/mol. The summed E-state index contributed by atoms with van der Waals surface area (Å²) in [6.07, 6.45) is 6.15. The van der Waals surface area contributed by atoms with Crippen molar-refractivity contribution in [3.05, 3.63) is 69.9 Å². The lowest BCUT2D eigenvalue weighted by molar-refractivity contribution is 1.38. The van der Waals surface area contributed by atoms with E-state index in [0.29, 0.717) is 0 Å². The Balaban J connectivity index is 2.30. The molecule has 1 heterocycles. The first kappa shape index (κ1) is 14.8. The van der Waals surface area contributed by atoms with Crippen LogP contribution in [0.4, 0.5) is 0 Å². The number of rotatable bonds is 2. The van der Waals surface area contributed by atoms with Crippen LogP contribution in [0.5, 0.6) is 0 Å². The van der Waals surface area contributed by atoms with Crippen LogP contribution in [-0.2, 0) is 0 Å². The van der Waals surface area contributed by atoms with Gasteiger partial charge in [-0.25, -0.2) is 0 Å². The summed E-state index contributed by atoms with van der Waals surface area (Å²) in [5.74, 6) is 0. The van der Waals surface area contributed by atoms with Gasteiger partial charge in [0.05, 0.1) is 0 Å². The Labute approximate surface area is 135 Å². The number of benzene rings is 2. The van der Waals surface area contributed by atoms with Crippen LogP contribution < -0.4 is 9.75 Å². The summed E-state index contributed by atoms with van der Waals surface area (Å²) in [6.45, 7) is 10.2. The number of thiophene rings is 1. The second-order valence-electron chi connectivity index (χ2n) is 5.66. The number of hydrogen-bond acceptors (Lipinski definition) is 1. The maximum absolute atomic E-state index is 3.82. The molecule has 0 aliphatic carbocycles. The van der Waals surface area contributed by atoms with E-state index in [-0.39, 0.29) is 0 Å². The van der Waals surface area contributed by atoms with Crippen molar-refractivity contribution in [3.63, 3.8) is 0 Å². The molecule has 0 amide bonds. The standard InChI is InChI=1S/C21H20S/c1-5-7-20-18(6-2)19-13-16(8-9-21(19)22-20)17-11-14(3)10-15(4)12-17/h5-13H,1H2,2-4H3/b18-6-,20-7+. The predicted octanol–water partition coefficient (Wildman–Crippen LogP) is 4.95. The fraction of sp³-hybridized carbons (Fsp3) is 0.143. The molecule has 3 aromatic rings. The minimum Gasteiger partial charge on any atom is -0.135 e. The summed E-state index contributed by atoms with van der Waals surface area (Å²) in [5, 5.41) is 2.64. The van der Waals surface area contributed by atoms with Gasteiger partial charge in [-0.05, 0) is 55.3 Å². The molecule has 0 nitrogen and oxygen atoms in total. The Bertz CT molecular complexity index is 951. The summed E-state index contributed by atoms with van der Waals surface area (Å²) in [6, 6.07) is 13.5. The molecule has 0 N–H and O–H groups in total. The van der Waals surface area contributed by atoms with Crippen molar-refractivity contribution in [1.82, 2.24) is 0 Å². The zero-order valence-electron chi connectivity index (χ0n) is 13.3. The molecule has 3 rings (SSSR count). The number of allylic oxidation sites excluding steroid dienone is 1. The first-order valence-electron chi connectivity index (χ1n) is 7.52. The summed E-state index contributed by atoms with van der Waals surface area (Å²) >= 11 is 1.83. The van der Waals surface area contributed by atoms with E-state index in [1.807, 2.05) is 17.4 Å². The minimum absolute atomic E-state index is 1.28. The predicted molar refractivity (Wildman–Crippen MR) is 101 cm³/mol. The second kappa shape index (κ2) is 5.94. The maximum atomic E-state index is 3.82. The molecule has 0 unspecified atom stereocenters. The molecule has 0 spiro atoms. The van der Waals surface area contributed by atoms with Gasteiger partial charge in [-0.2, -0.15) is 0 Å². The summed E-state index contributed by atoms with van der Waals surface area (Å²) in [5.41, 5.74) is 5.19. The third-order valence-corrected chi connectivity index (χ3v) is 5.02. The van der Waals surface area contributed by atoms with Crippen molar-refractivity contribution in [1.29, 1.82) is 0 Å². The minimum atomic E-state index is 1.28. The molecule has 2 aromatic carbocycles. The highest BCUT2D eigenvalue weighted by atomic mass is 32.1. The zero-order valence-corrected chi connectivity index (χ0v) is 14.1. The van der Waals surface area contributed by atoms with E-state index < -0.39 is 0 Å². The van der Waals surface area contributed by atoms with Gasteiger partial charge in [0.1, 0.15) is 0 Å². The lowest BCUT2D eigenvalue weighted by atomic mass is 9.99. The molecule has 0 bridgehead atoms. The van der Waals surface area contributed by atoms with Crippen molar-refractivity contribution >= 4 is 33.6 Å². The van der Waals surface area contributed by atoms with Crippen LogP contribution in [0, 0.1) is 13.8 Å². The molecule has 0 fully saturated rings. The molecule has 110 valence electrons.